The van der Waals surface area contributed by atoms with Gasteiger partial charge >= 0.3 is 0 Å². The number of hydrogen-bond acceptors (Lipinski definition) is 5. The third kappa shape index (κ3) is 2.64. The van der Waals surface area contributed by atoms with Gasteiger partial charge in [0, 0.05) is 58.4 Å². The molecule has 0 bridgehead atoms. The van der Waals surface area contributed by atoms with Crippen LogP contribution in [-0.4, -0.2) is 35.1 Å². The molecular weight excluding hydrogens is 374 g/mol. The van der Waals surface area contributed by atoms with Crippen molar-refractivity contribution in [3.63, 3.8) is 0 Å². The van der Waals surface area contributed by atoms with Crippen LogP contribution in [0.4, 0.5) is 0 Å². The Bertz CT molecular complexity index is 1480. The maximum atomic E-state index is 4.58. The van der Waals surface area contributed by atoms with Gasteiger partial charge in [-0.25, -0.2) is 0 Å². The zero-order valence-electron chi connectivity index (χ0n) is 15.7. The Labute approximate surface area is 170 Å². The van der Waals surface area contributed by atoms with Crippen LogP contribution in [0.1, 0.15) is 0 Å². The molecule has 0 spiro atoms. The fourth-order valence-electron chi connectivity index (χ4n) is 3.71. The molecule has 0 saturated carbocycles. The lowest BCUT2D eigenvalue weighted by Crippen LogP contribution is -1.85. The summed E-state index contributed by atoms with van der Waals surface area (Å²) >= 11 is 0. The van der Waals surface area contributed by atoms with Gasteiger partial charge in [-0.1, -0.05) is 0 Å². The molecule has 0 fully saturated rings. The summed E-state index contributed by atoms with van der Waals surface area (Å²) in [5.41, 5.74) is 7.31. The summed E-state index contributed by atoms with van der Waals surface area (Å²) in [4.78, 5) is 21.0. The fraction of sp³-hybridized carbons (Fsp3) is 0. The molecule has 6 aromatic rings. The van der Waals surface area contributed by atoms with E-state index in [1.165, 1.54) is 0 Å². The van der Waals surface area contributed by atoms with Gasteiger partial charge in [0.15, 0.2) is 0 Å². The van der Waals surface area contributed by atoms with Crippen LogP contribution in [0.2, 0.25) is 0 Å². The normalized spacial score (nSPS) is 11.3. The molecule has 6 heterocycles. The molecule has 0 radical (unpaired) electrons. The van der Waals surface area contributed by atoms with E-state index >= 15 is 0 Å². The Balaban J connectivity index is 1.52. The Morgan fingerprint density at radius 3 is 2.27 bits per heavy atom. The van der Waals surface area contributed by atoms with Gasteiger partial charge in [0.2, 0.25) is 0 Å². The second-order valence-electron chi connectivity index (χ2n) is 6.97. The minimum Gasteiger partial charge on any atom is -0.353 e. The zero-order valence-corrected chi connectivity index (χ0v) is 15.7. The first-order chi connectivity index (χ1) is 14.9. The second kappa shape index (κ2) is 6.59. The van der Waals surface area contributed by atoms with Crippen molar-refractivity contribution in [1.29, 1.82) is 0 Å². The number of H-pyrrole nitrogens is 2. The summed E-state index contributed by atoms with van der Waals surface area (Å²) in [7, 11) is 0. The van der Waals surface area contributed by atoms with Crippen LogP contribution in [0.5, 0.6) is 0 Å². The van der Waals surface area contributed by atoms with Crippen molar-refractivity contribution >= 4 is 21.8 Å². The second-order valence-corrected chi connectivity index (χ2v) is 6.97. The Hall–Kier alpha value is -4.39. The average Bonchev–Trinajstić information content (AvgIpc) is 3.43. The Morgan fingerprint density at radius 1 is 0.667 bits per heavy atom. The van der Waals surface area contributed by atoms with E-state index in [1.54, 1.807) is 24.8 Å². The molecule has 0 aliphatic rings. The number of nitrogens with zero attached hydrogens (tertiary/aromatic N) is 5. The predicted molar refractivity (Wildman–Crippen MR) is 115 cm³/mol. The van der Waals surface area contributed by atoms with Gasteiger partial charge < -0.3 is 4.98 Å². The minimum atomic E-state index is 0.839. The topological polar surface area (TPSA) is 96.0 Å². The van der Waals surface area contributed by atoms with Crippen molar-refractivity contribution in [1.82, 2.24) is 35.1 Å². The largest absolute Gasteiger partial charge is 0.353 e. The molecule has 0 unspecified atom stereocenters. The first kappa shape index (κ1) is 16.6. The van der Waals surface area contributed by atoms with Crippen LogP contribution >= 0.6 is 0 Å². The maximum absolute atomic E-state index is 4.58. The molecular formula is C23H15N7. The average molecular weight is 389 g/mol. The number of aromatic nitrogens is 7. The van der Waals surface area contributed by atoms with Crippen molar-refractivity contribution in [3.05, 3.63) is 79.6 Å². The summed E-state index contributed by atoms with van der Waals surface area (Å²) < 4.78 is 0. The molecule has 7 heteroatoms. The molecule has 2 N–H and O–H groups in total. The molecule has 6 aromatic heterocycles. The Kier molecular flexibility index (Phi) is 3.64. The van der Waals surface area contributed by atoms with Crippen LogP contribution in [-0.2, 0) is 0 Å². The fourth-order valence-corrected chi connectivity index (χ4v) is 3.71. The van der Waals surface area contributed by atoms with Crippen molar-refractivity contribution in [2.24, 2.45) is 0 Å². The van der Waals surface area contributed by atoms with E-state index < -0.39 is 0 Å². The quantitative estimate of drug-likeness (QED) is 0.460. The highest BCUT2D eigenvalue weighted by atomic mass is 15.1. The van der Waals surface area contributed by atoms with Gasteiger partial charge in [-0.15, -0.1) is 0 Å². The van der Waals surface area contributed by atoms with Gasteiger partial charge in [0.25, 0.3) is 0 Å². The number of rotatable bonds is 3. The standard InChI is InChI=1S/C23H15N7/c1-3-14(11-24-6-1)19-9-17-21(13-27-19)29-30-23(17)20-10-16-18(28-20)5-8-26-22(16)15-4-2-7-25-12-15/h1-13,28H,(H,29,30). The SMILES string of the molecule is c1cncc(-c2cc3c(-c4cc5c(-c6cccnc6)nccc5[nH]4)n[nH]c3cn2)c1. The van der Waals surface area contributed by atoms with E-state index in [4.69, 9.17) is 0 Å². The van der Waals surface area contributed by atoms with E-state index in [1.807, 2.05) is 48.8 Å². The number of hydrogen-bond donors (Lipinski definition) is 2. The lowest BCUT2D eigenvalue weighted by Gasteiger charge is -2.01. The van der Waals surface area contributed by atoms with E-state index in [0.717, 1.165) is 55.7 Å². The molecule has 6 rings (SSSR count). The smallest absolute Gasteiger partial charge is 0.116 e. The zero-order chi connectivity index (χ0) is 19.9. The van der Waals surface area contributed by atoms with Gasteiger partial charge in [-0.3, -0.25) is 25.0 Å². The van der Waals surface area contributed by atoms with E-state index in [2.05, 4.69) is 41.2 Å². The molecule has 7 nitrogen and oxygen atoms in total. The maximum Gasteiger partial charge on any atom is 0.116 e. The van der Waals surface area contributed by atoms with Crippen molar-refractivity contribution in [2.45, 2.75) is 0 Å². The van der Waals surface area contributed by atoms with Gasteiger partial charge in [-0.05, 0) is 42.5 Å². The third-order valence-corrected chi connectivity index (χ3v) is 5.14. The summed E-state index contributed by atoms with van der Waals surface area (Å²) in [6.45, 7) is 0. The number of nitrogens with one attached hydrogen (secondary N) is 2. The number of pyridine rings is 4. The highest BCUT2D eigenvalue weighted by molar-refractivity contribution is 6.00. The Morgan fingerprint density at radius 2 is 1.47 bits per heavy atom. The first-order valence-electron chi connectivity index (χ1n) is 9.50. The molecule has 0 aromatic carbocycles. The molecule has 0 saturated heterocycles. The van der Waals surface area contributed by atoms with Crippen LogP contribution in [0.3, 0.4) is 0 Å². The van der Waals surface area contributed by atoms with Gasteiger partial charge in [0.05, 0.1) is 28.8 Å². The monoisotopic (exact) mass is 389 g/mol. The number of fused-ring (bicyclic) bond motifs is 2. The van der Waals surface area contributed by atoms with Crippen LogP contribution in [0, 0.1) is 0 Å². The summed E-state index contributed by atoms with van der Waals surface area (Å²) in [6.07, 6.45) is 10.8. The van der Waals surface area contributed by atoms with Crippen molar-refractivity contribution < 1.29 is 0 Å². The van der Waals surface area contributed by atoms with Crippen LogP contribution in [0.15, 0.2) is 79.6 Å². The van der Waals surface area contributed by atoms with E-state index in [0.29, 0.717) is 0 Å². The van der Waals surface area contributed by atoms with Crippen LogP contribution in [0.25, 0.3) is 55.7 Å². The van der Waals surface area contributed by atoms with Crippen molar-refractivity contribution in [3.8, 4) is 33.9 Å². The molecule has 142 valence electrons. The molecule has 0 aliphatic heterocycles. The summed E-state index contributed by atoms with van der Waals surface area (Å²) in [5, 5.41) is 9.65. The molecule has 0 amide bonds. The lowest BCUT2D eigenvalue weighted by molar-refractivity contribution is 1.11. The highest BCUT2D eigenvalue weighted by Crippen LogP contribution is 2.33. The molecule has 0 atom stereocenters. The summed E-state index contributed by atoms with van der Waals surface area (Å²) in [5.74, 6) is 0. The first-order valence-corrected chi connectivity index (χ1v) is 9.50. The van der Waals surface area contributed by atoms with E-state index in [9.17, 15) is 0 Å². The van der Waals surface area contributed by atoms with Crippen LogP contribution < -0.4 is 0 Å². The van der Waals surface area contributed by atoms with Gasteiger partial charge in [0.1, 0.15) is 5.69 Å². The van der Waals surface area contributed by atoms with Crippen molar-refractivity contribution in [2.75, 3.05) is 0 Å². The lowest BCUT2D eigenvalue weighted by atomic mass is 10.1. The number of aromatic amines is 2. The van der Waals surface area contributed by atoms with E-state index in [-0.39, 0.29) is 0 Å². The minimum absolute atomic E-state index is 0.839. The highest BCUT2D eigenvalue weighted by Gasteiger charge is 2.15. The predicted octanol–water partition coefficient (Wildman–Crippen LogP) is 4.63. The summed E-state index contributed by atoms with van der Waals surface area (Å²) in [6, 6.07) is 13.9. The molecule has 0 aliphatic carbocycles. The molecule has 30 heavy (non-hydrogen) atoms. The van der Waals surface area contributed by atoms with Gasteiger partial charge in [-0.2, -0.15) is 5.10 Å². The third-order valence-electron chi connectivity index (χ3n) is 5.14.